The van der Waals surface area contributed by atoms with Crippen LogP contribution < -0.4 is 5.73 Å². The zero-order chi connectivity index (χ0) is 11.8. The summed E-state index contributed by atoms with van der Waals surface area (Å²) in [5.74, 6) is 0.189. The molecule has 0 aromatic rings. The third-order valence-corrected chi connectivity index (χ3v) is 3.27. The van der Waals surface area contributed by atoms with Crippen LogP contribution in [0.5, 0.6) is 0 Å². The van der Waals surface area contributed by atoms with Crippen molar-refractivity contribution in [2.75, 3.05) is 19.7 Å². The van der Waals surface area contributed by atoms with Gasteiger partial charge in [0.05, 0.1) is 6.61 Å². The molecule has 1 aliphatic carbocycles. The Kier molecular flexibility index (Phi) is 6.42. The zero-order valence-corrected chi connectivity index (χ0v) is 10.0. The molecule has 0 aromatic heterocycles. The van der Waals surface area contributed by atoms with Crippen molar-refractivity contribution in [3.05, 3.63) is 0 Å². The first-order valence-electron chi connectivity index (χ1n) is 6.40. The summed E-state index contributed by atoms with van der Waals surface area (Å²) in [7, 11) is 0. The first kappa shape index (κ1) is 13.5. The second kappa shape index (κ2) is 7.63. The maximum Gasteiger partial charge on any atom is 0.222 e. The highest BCUT2D eigenvalue weighted by Gasteiger charge is 2.25. The quantitative estimate of drug-likeness (QED) is 0.636. The third kappa shape index (κ3) is 4.10. The molecule has 0 aromatic carbocycles. The summed E-state index contributed by atoms with van der Waals surface area (Å²) >= 11 is 0. The molecule has 0 saturated heterocycles. The van der Waals surface area contributed by atoms with Crippen molar-refractivity contribution in [1.29, 1.82) is 0 Å². The molecule has 4 nitrogen and oxygen atoms in total. The predicted octanol–water partition coefficient (Wildman–Crippen LogP) is 0.879. The molecule has 1 aliphatic rings. The third-order valence-electron chi connectivity index (χ3n) is 3.27. The van der Waals surface area contributed by atoms with Gasteiger partial charge >= 0.3 is 0 Å². The van der Waals surface area contributed by atoms with Crippen LogP contribution in [-0.4, -0.2) is 41.7 Å². The minimum absolute atomic E-state index is 0.0686. The molecule has 1 amide bonds. The number of nitrogens with two attached hydrogens (primary N) is 1. The summed E-state index contributed by atoms with van der Waals surface area (Å²) in [5.41, 5.74) is 5.41. The Balaban J connectivity index is 2.38. The highest BCUT2D eigenvalue weighted by molar-refractivity contribution is 5.76. The molecule has 0 atom stereocenters. The van der Waals surface area contributed by atoms with Gasteiger partial charge in [-0.25, -0.2) is 0 Å². The van der Waals surface area contributed by atoms with E-state index in [0.29, 0.717) is 25.6 Å². The standard InChI is InChI=1S/C12H24N2O2/c13-8-4-3-7-12(16)14(9-10-15)11-5-1-2-6-11/h11,15H,1-10,13H2. The Morgan fingerprint density at radius 1 is 1.31 bits per heavy atom. The molecule has 4 heteroatoms. The van der Waals surface area contributed by atoms with Gasteiger partial charge in [0.25, 0.3) is 0 Å². The van der Waals surface area contributed by atoms with Crippen LogP contribution in [0.3, 0.4) is 0 Å². The van der Waals surface area contributed by atoms with E-state index in [0.717, 1.165) is 25.7 Å². The smallest absolute Gasteiger partial charge is 0.222 e. The number of carbonyl (C=O) groups is 1. The van der Waals surface area contributed by atoms with E-state index < -0.39 is 0 Å². The molecule has 0 radical (unpaired) electrons. The second-order valence-electron chi connectivity index (χ2n) is 4.49. The fraction of sp³-hybridized carbons (Fsp3) is 0.917. The van der Waals surface area contributed by atoms with Crippen LogP contribution >= 0.6 is 0 Å². The molecule has 0 aliphatic heterocycles. The molecular weight excluding hydrogens is 204 g/mol. The average molecular weight is 228 g/mol. The zero-order valence-electron chi connectivity index (χ0n) is 10.0. The normalized spacial score (nSPS) is 16.6. The highest BCUT2D eigenvalue weighted by atomic mass is 16.3. The Labute approximate surface area is 97.8 Å². The van der Waals surface area contributed by atoms with Crippen molar-refractivity contribution in [1.82, 2.24) is 4.90 Å². The number of hydrogen-bond acceptors (Lipinski definition) is 3. The molecule has 1 fully saturated rings. The van der Waals surface area contributed by atoms with Crippen molar-refractivity contribution in [2.24, 2.45) is 5.73 Å². The fourth-order valence-electron chi connectivity index (χ4n) is 2.40. The molecule has 3 N–H and O–H groups in total. The summed E-state index contributed by atoms with van der Waals surface area (Å²) < 4.78 is 0. The van der Waals surface area contributed by atoms with Gasteiger partial charge < -0.3 is 15.7 Å². The molecule has 94 valence electrons. The van der Waals surface area contributed by atoms with Crippen molar-refractivity contribution in [3.63, 3.8) is 0 Å². The van der Waals surface area contributed by atoms with E-state index in [1.807, 2.05) is 4.90 Å². The molecule has 0 spiro atoms. The van der Waals surface area contributed by atoms with Gasteiger partial charge in [-0.05, 0) is 32.2 Å². The Bertz CT molecular complexity index is 203. The second-order valence-corrected chi connectivity index (χ2v) is 4.49. The maximum absolute atomic E-state index is 12.0. The number of amides is 1. The number of unbranched alkanes of at least 4 members (excludes halogenated alkanes) is 1. The first-order chi connectivity index (χ1) is 7.79. The Hall–Kier alpha value is -0.610. The summed E-state index contributed by atoms with van der Waals surface area (Å²) in [6.45, 7) is 1.21. The van der Waals surface area contributed by atoms with Crippen molar-refractivity contribution >= 4 is 5.91 Å². The number of nitrogens with zero attached hydrogens (tertiary/aromatic N) is 1. The molecule has 0 bridgehead atoms. The highest BCUT2D eigenvalue weighted by Crippen LogP contribution is 2.24. The van der Waals surface area contributed by atoms with E-state index in [9.17, 15) is 4.79 Å². The van der Waals surface area contributed by atoms with E-state index in [1.54, 1.807) is 0 Å². The first-order valence-corrected chi connectivity index (χ1v) is 6.40. The monoisotopic (exact) mass is 228 g/mol. The van der Waals surface area contributed by atoms with Crippen LogP contribution in [0.2, 0.25) is 0 Å². The van der Waals surface area contributed by atoms with Crippen molar-refractivity contribution in [2.45, 2.75) is 51.0 Å². The Morgan fingerprint density at radius 2 is 2.00 bits per heavy atom. The lowest BCUT2D eigenvalue weighted by Gasteiger charge is -2.28. The molecule has 1 saturated carbocycles. The van der Waals surface area contributed by atoms with E-state index in [-0.39, 0.29) is 12.5 Å². The minimum atomic E-state index is 0.0686. The van der Waals surface area contributed by atoms with Crippen LogP contribution in [0.25, 0.3) is 0 Å². The molecular formula is C12H24N2O2. The van der Waals surface area contributed by atoms with Gasteiger partial charge in [-0.2, -0.15) is 0 Å². The van der Waals surface area contributed by atoms with Crippen LogP contribution in [0.1, 0.15) is 44.9 Å². The van der Waals surface area contributed by atoms with Crippen LogP contribution in [0.4, 0.5) is 0 Å². The summed E-state index contributed by atoms with van der Waals surface area (Å²) in [5, 5.41) is 9.00. The van der Waals surface area contributed by atoms with Gasteiger partial charge in [0, 0.05) is 19.0 Å². The lowest BCUT2D eigenvalue weighted by molar-refractivity contribution is -0.134. The van der Waals surface area contributed by atoms with Gasteiger partial charge in [0.1, 0.15) is 0 Å². The lowest BCUT2D eigenvalue weighted by Crippen LogP contribution is -2.40. The number of hydrogen-bond donors (Lipinski definition) is 2. The van der Waals surface area contributed by atoms with Crippen LogP contribution in [0, 0.1) is 0 Å². The molecule has 0 heterocycles. The van der Waals surface area contributed by atoms with E-state index in [2.05, 4.69) is 0 Å². The van der Waals surface area contributed by atoms with Crippen LogP contribution in [-0.2, 0) is 4.79 Å². The predicted molar refractivity (Wildman–Crippen MR) is 64.0 cm³/mol. The average Bonchev–Trinajstić information content (AvgIpc) is 2.79. The number of aliphatic hydroxyl groups is 1. The van der Waals surface area contributed by atoms with E-state index in [4.69, 9.17) is 10.8 Å². The van der Waals surface area contributed by atoms with Gasteiger partial charge in [-0.15, -0.1) is 0 Å². The summed E-state index contributed by atoms with van der Waals surface area (Å²) in [6, 6.07) is 0.373. The molecule has 16 heavy (non-hydrogen) atoms. The summed E-state index contributed by atoms with van der Waals surface area (Å²) in [4.78, 5) is 13.8. The van der Waals surface area contributed by atoms with E-state index >= 15 is 0 Å². The number of rotatable bonds is 7. The molecule has 1 rings (SSSR count). The van der Waals surface area contributed by atoms with E-state index in [1.165, 1.54) is 12.8 Å². The number of aliphatic hydroxyl groups excluding tert-OH is 1. The van der Waals surface area contributed by atoms with Gasteiger partial charge in [-0.1, -0.05) is 12.8 Å². The van der Waals surface area contributed by atoms with Crippen molar-refractivity contribution in [3.8, 4) is 0 Å². The minimum Gasteiger partial charge on any atom is -0.395 e. The fourth-order valence-corrected chi connectivity index (χ4v) is 2.40. The van der Waals surface area contributed by atoms with Gasteiger partial charge in [-0.3, -0.25) is 4.79 Å². The van der Waals surface area contributed by atoms with Gasteiger partial charge in [0.15, 0.2) is 0 Å². The number of carbonyl (C=O) groups excluding carboxylic acids is 1. The van der Waals surface area contributed by atoms with Crippen LogP contribution in [0.15, 0.2) is 0 Å². The van der Waals surface area contributed by atoms with Gasteiger partial charge in [0.2, 0.25) is 5.91 Å². The summed E-state index contributed by atoms with van der Waals surface area (Å²) in [6.07, 6.45) is 6.97. The topological polar surface area (TPSA) is 66.6 Å². The maximum atomic E-state index is 12.0. The van der Waals surface area contributed by atoms with Crippen molar-refractivity contribution < 1.29 is 9.90 Å². The lowest BCUT2D eigenvalue weighted by atomic mass is 10.1. The molecule has 0 unspecified atom stereocenters. The Morgan fingerprint density at radius 3 is 2.56 bits per heavy atom. The SMILES string of the molecule is NCCCCC(=O)N(CCO)C1CCCC1. The largest absolute Gasteiger partial charge is 0.395 e.